The summed E-state index contributed by atoms with van der Waals surface area (Å²) in [5, 5.41) is 9.61. The first kappa shape index (κ1) is 23.9. The minimum absolute atomic E-state index is 0.0539. The highest BCUT2D eigenvalue weighted by atomic mass is 32.2. The van der Waals surface area contributed by atoms with E-state index in [1.165, 1.54) is 23.9 Å². The van der Waals surface area contributed by atoms with Crippen LogP contribution >= 0.6 is 11.8 Å². The average molecular weight is 491 g/mol. The van der Waals surface area contributed by atoms with Crippen LogP contribution in [0.25, 0.3) is 0 Å². The molecule has 1 aromatic heterocycles. The van der Waals surface area contributed by atoms with E-state index in [4.69, 9.17) is 4.74 Å². The highest BCUT2D eigenvalue weighted by Crippen LogP contribution is 2.32. The fraction of sp³-hybridized carbons (Fsp3) is 0.391. The topological polar surface area (TPSA) is 77.3 Å². The SMILES string of the molecule is COCCn1c(SCc2ccc(F)cc2)nnc1[C@@H]1CCCN(S(=O)(=O)c2ccccc2)C1. The maximum atomic E-state index is 13.2. The highest BCUT2D eigenvalue weighted by Gasteiger charge is 2.33. The molecule has 1 saturated heterocycles. The van der Waals surface area contributed by atoms with Gasteiger partial charge in [0.2, 0.25) is 10.0 Å². The Kier molecular flexibility index (Phi) is 7.79. The van der Waals surface area contributed by atoms with E-state index in [0.717, 1.165) is 29.4 Å². The van der Waals surface area contributed by atoms with Gasteiger partial charge < -0.3 is 9.30 Å². The summed E-state index contributed by atoms with van der Waals surface area (Å²) < 4.78 is 48.3. The smallest absolute Gasteiger partial charge is 0.243 e. The second-order valence-corrected chi connectivity index (χ2v) is 10.8. The van der Waals surface area contributed by atoms with E-state index in [-0.39, 0.29) is 11.7 Å². The van der Waals surface area contributed by atoms with Crippen LogP contribution in [-0.2, 0) is 27.1 Å². The van der Waals surface area contributed by atoms with Crippen molar-refractivity contribution in [2.75, 3.05) is 26.8 Å². The van der Waals surface area contributed by atoms with E-state index in [0.29, 0.717) is 36.9 Å². The van der Waals surface area contributed by atoms with Crippen molar-refractivity contribution in [1.82, 2.24) is 19.1 Å². The van der Waals surface area contributed by atoms with Crippen molar-refractivity contribution in [3.8, 4) is 0 Å². The Morgan fingerprint density at radius 2 is 1.88 bits per heavy atom. The molecule has 0 aliphatic carbocycles. The van der Waals surface area contributed by atoms with Gasteiger partial charge in [0.1, 0.15) is 11.6 Å². The molecule has 3 aromatic rings. The molecule has 2 aromatic carbocycles. The number of rotatable bonds is 9. The zero-order valence-electron chi connectivity index (χ0n) is 18.4. The zero-order chi connectivity index (χ0) is 23.3. The van der Waals surface area contributed by atoms with E-state index in [9.17, 15) is 12.8 Å². The molecule has 10 heteroatoms. The van der Waals surface area contributed by atoms with Gasteiger partial charge in [-0.2, -0.15) is 4.31 Å². The zero-order valence-corrected chi connectivity index (χ0v) is 20.1. The van der Waals surface area contributed by atoms with E-state index in [1.54, 1.807) is 53.9 Å². The first-order valence-electron chi connectivity index (χ1n) is 10.8. The van der Waals surface area contributed by atoms with Crippen molar-refractivity contribution in [2.24, 2.45) is 0 Å². The van der Waals surface area contributed by atoms with Gasteiger partial charge >= 0.3 is 0 Å². The van der Waals surface area contributed by atoms with Crippen LogP contribution in [0.4, 0.5) is 4.39 Å². The minimum atomic E-state index is -3.56. The Bertz CT molecular complexity index is 1150. The molecule has 176 valence electrons. The maximum Gasteiger partial charge on any atom is 0.243 e. The van der Waals surface area contributed by atoms with Crippen LogP contribution in [0.3, 0.4) is 0 Å². The van der Waals surface area contributed by atoms with Crippen LogP contribution in [0.15, 0.2) is 64.6 Å². The van der Waals surface area contributed by atoms with Gasteiger partial charge in [-0.3, -0.25) is 0 Å². The van der Waals surface area contributed by atoms with Crippen molar-refractivity contribution in [3.63, 3.8) is 0 Å². The summed E-state index contributed by atoms with van der Waals surface area (Å²) in [6.07, 6.45) is 1.60. The number of thioether (sulfide) groups is 1. The van der Waals surface area contributed by atoms with Crippen LogP contribution in [0.5, 0.6) is 0 Å². The molecule has 7 nitrogen and oxygen atoms in total. The molecular weight excluding hydrogens is 463 g/mol. The predicted octanol–water partition coefficient (Wildman–Crippen LogP) is 3.92. The first-order chi connectivity index (χ1) is 16.0. The molecule has 0 spiro atoms. The summed E-state index contributed by atoms with van der Waals surface area (Å²) in [5.74, 6) is 1.09. The maximum absolute atomic E-state index is 13.2. The molecule has 0 amide bonds. The second-order valence-electron chi connectivity index (χ2n) is 7.92. The van der Waals surface area contributed by atoms with Gasteiger partial charge in [-0.15, -0.1) is 10.2 Å². The summed E-state index contributed by atoms with van der Waals surface area (Å²) in [5.41, 5.74) is 0.988. The molecule has 2 heterocycles. The van der Waals surface area contributed by atoms with Crippen molar-refractivity contribution in [1.29, 1.82) is 0 Å². The first-order valence-corrected chi connectivity index (χ1v) is 13.3. The van der Waals surface area contributed by atoms with Gasteiger partial charge in [0.15, 0.2) is 5.16 Å². The van der Waals surface area contributed by atoms with E-state index < -0.39 is 10.0 Å². The molecular formula is C23H27FN4O3S2. The summed E-state index contributed by atoms with van der Waals surface area (Å²) in [6.45, 7) is 1.93. The number of nitrogens with zero attached hydrogens (tertiary/aromatic N) is 4. The molecule has 1 atom stereocenters. The number of hydrogen-bond donors (Lipinski definition) is 0. The van der Waals surface area contributed by atoms with Crippen molar-refractivity contribution < 1.29 is 17.5 Å². The molecule has 1 aliphatic rings. The normalized spacial score (nSPS) is 17.3. The van der Waals surface area contributed by atoms with Crippen LogP contribution in [0.2, 0.25) is 0 Å². The Morgan fingerprint density at radius 1 is 1.12 bits per heavy atom. The van der Waals surface area contributed by atoms with Gasteiger partial charge in [0.25, 0.3) is 0 Å². The van der Waals surface area contributed by atoms with Crippen LogP contribution in [0.1, 0.15) is 30.1 Å². The lowest BCUT2D eigenvalue weighted by molar-refractivity contribution is 0.182. The number of methoxy groups -OCH3 is 1. The molecule has 0 unspecified atom stereocenters. The average Bonchev–Trinajstić information content (AvgIpc) is 3.25. The minimum Gasteiger partial charge on any atom is -0.383 e. The van der Waals surface area contributed by atoms with Crippen molar-refractivity contribution in [3.05, 3.63) is 71.8 Å². The van der Waals surface area contributed by atoms with Gasteiger partial charge in [0.05, 0.1) is 11.5 Å². The van der Waals surface area contributed by atoms with E-state index >= 15 is 0 Å². The third kappa shape index (κ3) is 5.63. The Hall–Kier alpha value is -2.27. The Balaban J connectivity index is 1.54. The third-order valence-electron chi connectivity index (χ3n) is 5.68. The van der Waals surface area contributed by atoms with Crippen molar-refractivity contribution >= 4 is 21.8 Å². The monoisotopic (exact) mass is 490 g/mol. The largest absolute Gasteiger partial charge is 0.383 e. The summed E-state index contributed by atoms with van der Waals surface area (Å²) in [6, 6.07) is 14.9. The molecule has 1 fully saturated rings. The van der Waals surface area contributed by atoms with E-state index in [2.05, 4.69) is 10.2 Å². The number of hydrogen-bond acceptors (Lipinski definition) is 6. The molecule has 0 saturated carbocycles. The molecule has 1 aliphatic heterocycles. The second kappa shape index (κ2) is 10.8. The highest BCUT2D eigenvalue weighted by molar-refractivity contribution is 7.98. The van der Waals surface area contributed by atoms with Gasteiger partial charge in [-0.05, 0) is 42.7 Å². The molecule has 4 rings (SSSR count). The lowest BCUT2D eigenvalue weighted by Crippen LogP contribution is -2.39. The lowest BCUT2D eigenvalue weighted by atomic mass is 9.99. The summed E-state index contributed by atoms with van der Waals surface area (Å²) in [4.78, 5) is 0.307. The number of sulfonamides is 1. The third-order valence-corrected chi connectivity index (χ3v) is 8.59. The summed E-state index contributed by atoms with van der Waals surface area (Å²) in [7, 11) is -1.92. The van der Waals surface area contributed by atoms with Gasteiger partial charge in [0, 0.05) is 38.4 Å². The lowest BCUT2D eigenvalue weighted by Gasteiger charge is -2.31. The predicted molar refractivity (Wildman–Crippen MR) is 125 cm³/mol. The summed E-state index contributed by atoms with van der Waals surface area (Å²) >= 11 is 1.52. The molecule has 0 radical (unpaired) electrons. The van der Waals surface area contributed by atoms with Crippen LogP contribution in [-0.4, -0.2) is 54.3 Å². The number of halogens is 1. The van der Waals surface area contributed by atoms with E-state index in [1.807, 2.05) is 4.57 Å². The van der Waals surface area contributed by atoms with Crippen molar-refractivity contribution in [2.45, 2.75) is 41.1 Å². The molecule has 0 N–H and O–H groups in total. The Labute approximate surface area is 198 Å². The number of benzene rings is 2. The van der Waals surface area contributed by atoms with Crippen LogP contribution in [0, 0.1) is 5.82 Å². The quantitative estimate of drug-likeness (QED) is 0.423. The number of ether oxygens (including phenoxy) is 1. The fourth-order valence-corrected chi connectivity index (χ4v) is 6.42. The number of aromatic nitrogens is 3. The molecule has 33 heavy (non-hydrogen) atoms. The van der Waals surface area contributed by atoms with Gasteiger partial charge in [-0.25, -0.2) is 12.8 Å². The fourth-order valence-electron chi connectivity index (χ4n) is 3.94. The van der Waals surface area contributed by atoms with Gasteiger partial charge in [-0.1, -0.05) is 42.1 Å². The van der Waals surface area contributed by atoms with Crippen LogP contribution < -0.4 is 0 Å². The number of piperidine rings is 1. The standard InChI is InChI=1S/C23H27FN4O3S2/c1-31-15-14-28-22(25-26-23(28)32-17-18-9-11-20(24)12-10-18)19-6-5-13-27(16-19)33(29,30)21-7-3-2-4-8-21/h2-4,7-12,19H,5-6,13-17H2,1H3/t19-/m1/s1. The molecule has 0 bridgehead atoms. The Morgan fingerprint density at radius 3 is 2.61 bits per heavy atom.